The molecule has 0 unspecified atom stereocenters. The summed E-state index contributed by atoms with van der Waals surface area (Å²) in [6, 6.07) is 4.00. The third-order valence-electron chi connectivity index (χ3n) is 2.61. The Labute approximate surface area is 107 Å². The van der Waals surface area contributed by atoms with Crippen molar-refractivity contribution in [3.05, 3.63) is 42.0 Å². The van der Waals surface area contributed by atoms with E-state index in [9.17, 15) is 0 Å². The van der Waals surface area contributed by atoms with E-state index < -0.39 is 0 Å². The maximum absolute atomic E-state index is 4.15. The molecule has 96 valence electrons. The van der Waals surface area contributed by atoms with Crippen molar-refractivity contribution in [2.75, 3.05) is 0 Å². The number of nitrogens with one attached hydrogen (secondary N) is 1. The molecule has 2 heterocycles. The Morgan fingerprint density at radius 1 is 1.17 bits per heavy atom. The largest absolute Gasteiger partial charge is 0.307 e. The van der Waals surface area contributed by atoms with Crippen molar-refractivity contribution >= 4 is 0 Å². The SMILES string of the molecule is CC(C)(C)n1cc(CNCc2ccncc2)nn1. The third kappa shape index (κ3) is 3.37. The van der Waals surface area contributed by atoms with Crippen molar-refractivity contribution in [2.45, 2.75) is 39.4 Å². The lowest BCUT2D eigenvalue weighted by Gasteiger charge is -2.17. The van der Waals surface area contributed by atoms with Gasteiger partial charge < -0.3 is 5.32 Å². The molecule has 0 atom stereocenters. The standard InChI is InChI=1S/C13H19N5/c1-13(2,3)18-10-12(16-17-18)9-15-8-11-4-6-14-7-5-11/h4-7,10,15H,8-9H2,1-3H3. The van der Waals surface area contributed by atoms with Gasteiger partial charge in [0.25, 0.3) is 0 Å². The van der Waals surface area contributed by atoms with E-state index in [1.165, 1.54) is 5.56 Å². The summed E-state index contributed by atoms with van der Waals surface area (Å²) >= 11 is 0. The highest BCUT2D eigenvalue weighted by Gasteiger charge is 2.14. The summed E-state index contributed by atoms with van der Waals surface area (Å²) in [5, 5.41) is 11.6. The monoisotopic (exact) mass is 245 g/mol. The normalized spacial score (nSPS) is 11.7. The van der Waals surface area contributed by atoms with Crippen LogP contribution < -0.4 is 5.32 Å². The van der Waals surface area contributed by atoms with E-state index in [2.05, 4.69) is 41.4 Å². The lowest BCUT2D eigenvalue weighted by molar-refractivity contribution is 0.347. The average Bonchev–Trinajstić information content (AvgIpc) is 2.79. The molecule has 0 aliphatic heterocycles. The van der Waals surface area contributed by atoms with Crippen LogP contribution in [-0.4, -0.2) is 20.0 Å². The Morgan fingerprint density at radius 3 is 2.50 bits per heavy atom. The van der Waals surface area contributed by atoms with Crippen molar-refractivity contribution in [3.63, 3.8) is 0 Å². The lowest BCUT2D eigenvalue weighted by Crippen LogP contribution is -2.22. The smallest absolute Gasteiger partial charge is 0.0965 e. The number of nitrogens with zero attached hydrogens (tertiary/aromatic N) is 4. The van der Waals surface area contributed by atoms with Gasteiger partial charge in [-0.05, 0) is 38.5 Å². The topological polar surface area (TPSA) is 55.6 Å². The van der Waals surface area contributed by atoms with Gasteiger partial charge in [0.15, 0.2) is 0 Å². The van der Waals surface area contributed by atoms with Crippen molar-refractivity contribution in [3.8, 4) is 0 Å². The molecule has 0 radical (unpaired) electrons. The van der Waals surface area contributed by atoms with Gasteiger partial charge in [-0.15, -0.1) is 5.10 Å². The van der Waals surface area contributed by atoms with Crippen molar-refractivity contribution in [1.29, 1.82) is 0 Å². The predicted molar refractivity (Wildman–Crippen MR) is 69.8 cm³/mol. The van der Waals surface area contributed by atoms with Crippen LogP contribution in [0.1, 0.15) is 32.0 Å². The fraction of sp³-hybridized carbons (Fsp3) is 0.462. The zero-order valence-corrected chi connectivity index (χ0v) is 11.1. The van der Waals surface area contributed by atoms with Gasteiger partial charge in [0, 0.05) is 25.5 Å². The fourth-order valence-corrected chi connectivity index (χ4v) is 1.54. The molecular formula is C13H19N5. The van der Waals surface area contributed by atoms with Gasteiger partial charge in [0.2, 0.25) is 0 Å². The van der Waals surface area contributed by atoms with E-state index in [4.69, 9.17) is 0 Å². The minimum absolute atomic E-state index is 0.0175. The molecule has 18 heavy (non-hydrogen) atoms. The first kappa shape index (κ1) is 12.7. The number of pyridine rings is 1. The molecule has 5 heteroatoms. The minimum Gasteiger partial charge on any atom is -0.307 e. The zero-order valence-electron chi connectivity index (χ0n) is 11.1. The molecule has 1 N–H and O–H groups in total. The molecule has 0 saturated heterocycles. The Balaban J connectivity index is 1.86. The molecular weight excluding hydrogens is 226 g/mol. The summed E-state index contributed by atoms with van der Waals surface area (Å²) in [6.07, 6.45) is 5.58. The lowest BCUT2D eigenvalue weighted by atomic mass is 10.1. The van der Waals surface area contributed by atoms with E-state index in [1.54, 1.807) is 12.4 Å². The predicted octanol–water partition coefficient (Wildman–Crippen LogP) is 1.72. The van der Waals surface area contributed by atoms with Crippen LogP contribution in [0.4, 0.5) is 0 Å². The number of hydrogen-bond acceptors (Lipinski definition) is 4. The molecule has 0 bridgehead atoms. The second kappa shape index (κ2) is 5.27. The Hall–Kier alpha value is -1.75. The van der Waals surface area contributed by atoms with Gasteiger partial charge in [0.1, 0.15) is 0 Å². The van der Waals surface area contributed by atoms with Gasteiger partial charge in [0.05, 0.1) is 17.4 Å². The first-order valence-electron chi connectivity index (χ1n) is 6.07. The van der Waals surface area contributed by atoms with Crippen LogP contribution in [0.5, 0.6) is 0 Å². The van der Waals surface area contributed by atoms with Crippen LogP contribution in [0, 0.1) is 0 Å². The summed E-state index contributed by atoms with van der Waals surface area (Å²) in [7, 11) is 0. The van der Waals surface area contributed by atoms with E-state index in [0.717, 1.165) is 18.8 Å². The summed E-state index contributed by atoms with van der Waals surface area (Å²) in [5.74, 6) is 0. The molecule has 0 aromatic carbocycles. The molecule has 0 aliphatic rings. The van der Waals surface area contributed by atoms with Gasteiger partial charge >= 0.3 is 0 Å². The highest BCUT2D eigenvalue weighted by atomic mass is 15.4. The van der Waals surface area contributed by atoms with E-state index in [1.807, 2.05) is 23.0 Å². The number of hydrogen-bond donors (Lipinski definition) is 1. The number of rotatable bonds is 4. The minimum atomic E-state index is -0.0175. The highest BCUT2D eigenvalue weighted by molar-refractivity contribution is 5.09. The van der Waals surface area contributed by atoms with E-state index in [0.29, 0.717) is 0 Å². The molecule has 2 rings (SSSR count). The second-order valence-electron chi connectivity index (χ2n) is 5.28. The third-order valence-corrected chi connectivity index (χ3v) is 2.61. The van der Waals surface area contributed by atoms with Crippen LogP contribution in [0.25, 0.3) is 0 Å². The van der Waals surface area contributed by atoms with Gasteiger partial charge in [-0.1, -0.05) is 5.21 Å². The molecule has 0 aliphatic carbocycles. The maximum Gasteiger partial charge on any atom is 0.0965 e. The van der Waals surface area contributed by atoms with Crippen LogP contribution in [-0.2, 0) is 18.6 Å². The molecule has 0 spiro atoms. The van der Waals surface area contributed by atoms with Crippen molar-refractivity contribution in [2.24, 2.45) is 0 Å². The van der Waals surface area contributed by atoms with Crippen molar-refractivity contribution in [1.82, 2.24) is 25.3 Å². The second-order valence-corrected chi connectivity index (χ2v) is 5.28. The molecule has 0 amide bonds. The molecule has 5 nitrogen and oxygen atoms in total. The van der Waals surface area contributed by atoms with Gasteiger partial charge in [-0.2, -0.15) is 0 Å². The van der Waals surface area contributed by atoms with Gasteiger partial charge in [-0.25, -0.2) is 4.68 Å². The van der Waals surface area contributed by atoms with E-state index in [-0.39, 0.29) is 5.54 Å². The quantitative estimate of drug-likeness (QED) is 0.891. The molecule has 2 aromatic heterocycles. The zero-order chi connectivity index (χ0) is 13.0. The Bertz CT molecular complexity index is 484. The van der Waals surface area contributed by atoms with E-state index >= 15 is 0 Å². The van der Waals surface area contributed by atoms with Crippen LogP contribution >= 0.6 is 0 Å². The van der Waals surface area contributed by atoms with Crippen LogP contribution in [0.2, 0.25) is 0 Å². The van der Waals surface area contributed by atoms with Crippen LogP contribution in [0.15, 0.2) is 30.7 Å². The van der Waals surface area contributed by atoms with Gasteiger partial charge in [-0.3, -0.25) is 4.98 Å². The Kier molecular flexibility index (Phi) is 3.72. The molecule has 0 saturated carbocycles. The average molecular weight is 245 g/mol. The highest BCUT2D eigenvalue weighted by Crippen LogP contribution is 2.11. The summed E-state index contributed by atoms with van der Waals surface area (Å²) in [4.78, 5) is 3.99. The Morgan fingerprint density at radius 2 is 1.89 bits per heavy atom. The van der Waals surface area contributed by atoms with Crippen molar-refractivity contribution < 1.29 is 0 Å². The first-order chi connectivity index (χ1) is 8.55. The summed E-state index contributed by atoms with van der Waals surface area (Å²) in [5.41, 5.74) is 2.16. The van der Waals surface area contributed by atoms with Crippen LogP contribution in [0.3, 0.4) is 0 Å². The molecule has 0 fully saturated rings. The summed E-state index contributed by atoms with van der Waals surface area (Å²) < 4.78 is 1.89. The number of aromatic nitrogens is 4. The molecule has 2 aromatic rings. The maximum atomic E-state index is 4.15. The first-order valence-corrected chi connectivity index (χ1v) is 6.07. The fourth-order valence-electron chi connectivity index (χ4n) is 1.54. The summed E-state index contributed by atoms with van der Waals surface area (Å²) in [6.45, 7) is 7.85.